The number of nitrogens with zero attached hydrogens (tertiary/aromatic N) is 2. The average Bonchev–Trinajstić information content (AvgIpc) is 2.94. The lowest BCUT2D eigenvalue weighted by atomic mass is 10.0. The molecule has 7 heteroatoms. The van der Waals surface area contributed by atoms with Gasteiger partial charge in [0.1, 0.15) is 0 Å². The molecule has 0 aliphatic carbocycles. The summed E-state index contributed by atoms with van der Waals surface area (Å²) in [6.45, 7) is 2.31. The Kier molecular flexibility index (Phi) is 4.73. The van der Waals surface area contributed by atoms with Gasteiger partial charge in [0, 0.05) is 30.7 Å². The topological polar surface area (TPSA) is 83.7 Å². The summed E-state index contributed by atoms with van der Waals surface area (Å²) in [7, 11) is 0. The molecule has 2 aromatic heterocycles. The lowest BCUT2D eigenvalue weighted by Crippen LogP contribution is -2.31. The van der Waals surface area contributed by atoms with Crippen LogP contribution in [0.25, 0.3) is 4.96 Å². The van der Waals surface area contributed by atoms with Crippen molar-refractivity contribution in [1.29, 1.82) is 0 Å². The molecule has 0 radical (unpaired) electrons. The van der Waals surface area contributed by atoms with E-state index in [2.05, 4.69) is 10.3 Å². The number of carboxylic acids is 1. The lowest BCUT2D eigenvalue weighted by Gasteiger charge is -2.12. The van der Waals surface area contributed by atoms with Gasteiger partial charge in [-0.05, 0) is 5.92 Å². The molecular formula is C13H17N3O3S. The molecular weight excluding hydrogens is 278 g/mol. The van der Waals surface area contributed by atoms with E-state index in [4.69, 9.17) is 5.11 Å². The van der Waals surface area contributed by atoms with Gasteiger partial charge in [-0.2, -0.15) is 0 Å². The fraction of sp³-hybridized carbons (Fsp3) is 0.462. The zero-order valence-corrected chi connectivity index (χ0v) is 12.0. The van der Waals surface area contributed by atoms with Crippen molar-refractivity contribution in [1.82, 2.24) is 14.7 Å². The first kappa shape index (κ1) is 14.5. The molecule has 2 aromatic rings. The Hall–Kier alpha value is -1.89. The molecule has 0 aromatic carbocycles. The van der Waals surface area contributed by atoms with Crippen LogP contribution in [0.4, 0.5) is 0 Å². The summed E-state index contributed by atoms with van der Waals surface area (Å²) in [6, 6.07) is 0. The quantitative estimate of drug-likeness (QED) is 0.812. The predicted octanol–water partition coefficient (Wildman–Crippen LogP) is 1.56. The molecule has 0 spiro atoms. The van der Waals surface area contributed by atoms with Crippen LogP contribution in [0.5, 0.6) is 0 Å². The minimum Gasteiger partial charge on any atom is -0.481 e. The number of carbonyl (C=O) groups excluding carboxylic acids is 1. The van der Waals surface area contributed by atoms with Crippen LogP contribution in [0.3, 0.4) is 0 Å². The van der Waals surface area contributed by atoms with E-state index in [1.165, 1.54) is 11.3 Å². The second-order valence-corrected chi connectivity index (χ2v) is 5.55. The number of carbonyl (C=O) groups is 2. The average molecular weight is 295 g/mol. The number of fused-ring (bicyclic) bond motifs is 1. The standard InChI is InChI=1S/C13H17N3O3S/c1-2-9(5-12(18)19)7-14-11(17)6-10-8-16-3-4-20-13(16)15-10/h3-4,8-9H,2,5-7H2,1H3,(H,14,17)(H,18,19). The molecule has 0 saturated carbocycles. The highest BCUT2D eigenvalue weighted by molar-refractivity contribution is 7.15. The summed E-state index contributed by atoms with van der Waals surface area (Å²) in [5.41, 5.74) is 0.723. The fourth-order valence-electron chi connectivity index (χ4n) is 1.95. The van der Waals surface area contributed by atoms with Crippen molar-refractivity contribution < 1.29 is 14.7 Å². The van der Waals surface area contributed by atoms with Gasteiger partial charge in [0.25, 0.3) is 0 Å². The highest BCUT2D eigenvalue weighted by Gasteiger charge is 2.13. The number of carboxylic acid groups (broad SMARTS) is 1. The van der Waals surface area contributed by atoms with Gasteiger partial charge in [-0.3, -0.25) is 14.0 Å². The smallest absolute Gasteiger partial charge is 0.303 e. The summed E-state index contributed by atoms with van der Waals surface area (Å²) in [5.74, 6) is -0.984. The predicted molar refractivity (Wildman–Crippen MR) is 75.8 cm³/mol. The highest BCUT2D eigenvalue weighted by Crippen LogP contribution is 2.12. The third-order valence-electron chi connectivity index (χ3n) is 3.11. The number of hydrogen-bond acceptors (Lipinski definition) is 4. The van der Waals surface area contributed by atoms with Crippen LogP contribution in [0.2, 0.25) is 0 Å². The maximum Gasteiger partial charge on any atom is 0.303 e. The Bertz CT molecular complexity index is 576. The van der Waals surface area contributed by atoms with Crippen molar-refractivity contribution >= 4 is 28.2 Å². The molecule has 1 amide bonds. The molecule has 20 heavy (non-hydrogen) atoms. The Morgan fingerprint density at radius 2 is 2.35 bits per heavy atom. The molecule has 0 fully saturated rings. The first-order valence-corrected chi connectivity index (χ1v) is 7.36. The Morgan fingerprint density at radius 3 is 3.00 bits per heavy atom. The van der Waals surface area contributed by atoms with Gasteiger partial charge in [0.05, 0.1) is 12.1 Å². The van der Waals surface area contributed by atoms with E-state index < -0.39 is 5.97 Å². The number of thiazole rings is 1. The van der Waals surface area contributed by atoms with Crippen molar-refractivity contribution in [2.24, 2.45) is 5.92 Å². The van der Waals surface area contributed by atoms with Crippen molar-refractivity contribution in [2.45, 2.75) is 26.2 Å². The van der Waals surface area contributed by atoms with E-state index in [1.54, 1.807) is 0 Å². The van der Waals surface area contributed by atoms with E-state index in [0.717, 1.165) is 17.1 Å². The summed E-state index contributed by atoms with van der Waals surface area (Å²) < 4.78 is 1.88. The molecule has 2 heterocycles. The van der Waals surface area contributed by atoms with E-state index in [0.29, 0.717) is 6.54 Å². The van der Waals surface area contributed by atoms with Gasteiger partial charge >= 0.3 is 5.97 Å². The van der Waals surface area contributed by atoms with Gasteiger partial charge in [-0.25, -0.2) is 4.98 Å². The van der Waals surface area contributed by atoms with Crippen LogP contribution >= 0.6 is 11.3 Å². The zero-order chi connectivity index (χ0) is 14.5. The molecule has 108 valence electrons. The van der Waals surface area contributed by atoms with Gasteiger partial charge in [-0.1, -0.05) is 13.3 Å². The van der Waals surface area contributed by atoms with Crippen molar-refractivity contribution in [3.8, 4) is 0 Å². The summed E-state index contributed by atoms with van der Waals surface area (Å²) in [5, 5.41) is 13.5. The molecule has 0 saturated heterocycles. The van der Waals surface area contributed by atoms with E-state index in [1.807, 2.05) is 29.1 Å². The van der Waals surface area contributed by atoms with Crippen molar-refractivity contribution in [2.75, 3.05) is 6.54 Å². The maximum absolute atomic E-state index is 11.8. The monoisotopic (exact) mass is 295 g/mol. The van der Waals surface area contributed by atoms with Crippen LogP contribution in [-0.4, -0.2) is 32.9 Å². The Morgan fingerprint density at radius 1 is 1.55 bits per heavy atom. The van der Waals surface area contributed by atoms with Crippen LogP contribution in [0.1, 0.15) is 25.5 Å². The minimum absolute atomic E-state index is 0.0260. The minimum atomic E-state index is -0.833. The van der Waals surface area contributed by atoms with Crippen LogP contribution in [0.15, 0.2) is 17.8 Å². The van der Waals surface area contributed by atoms with Gasteiger partial charge in [0.15, 0.2) is 4.96 Å². The lowest BCUT2D eigenvalue weighted by molar-refractivity contribution is -0.138. The van der Waals surface area contributed by atoms with E-state index >= 15 is 0 Å². The number of aromatic nitrogens is 2. The summed E-state index contributed by atoms with van der Waals surface area (Å²) in [6.07, 6.45) is 4.76. The molecule has 2 rings (SSSR count). The third kappa shape index (κ3) is 3.80. The fourth-order valence-corrected chi connectivity index (χ4v) is 2.67. The van der Waals surface area contributed by atoms with Crippen LogP contribution in [0, 0.1) is 5.92 Å². The second-order valence-electron chi connectivity index (χ2n) is 4.68. The number of aliphatic carboxylic acids is 1. The molecule has 6 nitrogen and oxygen atoms in total. The second kappa shape index (κ2) is 6.51. The molecule has 2 N–H and O–H groups in total. The van der Waals surface area contributed by atoms with Crippen molar-refractivity contribution in [3.63, 3.8) is 0 Å². The molecule has 0 bridgehead atoms. The van der Waals surface area contributed by atoms with E-state index in [-0.39, 0.29) is 24.7 Å². The van der Waals surface area contributed by atoms with E-state index in [9.17, 15) is 9.59 Å². The van der Waals surface area contributed by atoms with Gasteiger partial charge < -0.3 is 10.4 Å². The third-order valence-corrected chi connectivity index (χ3v) is 3.88. The SMILES string of the molecule is CCC(CNC(=O)Cc1cn2ccsc2n1)CC(=O)O. The number of imidazole rings is 1. The Labute approximate surface area is 120 Å². The first-order valence-electron chi connectivity index (χ1n) is 6.48. The largest absolute Gasteiger partial charge is 0.481 e. The maximum atomic E-state index is 11.8. The molecule has 1 atom stereocenters. The van der Waals surface area contributed by atoms with Gasteiger partial charge in [0.2, 0.25) is 5.91 Å². The summed E-state index contributed by atoms with van der Waals surface area (Å²) in [4.78, 5) is 27.7. The molecule has 0 aliphatic heterocycles. The van der Waals surface area contributed by atoms with Crippen LogP contribution in [-0.2, 0) is 16.0 Å². The number of amides is 1. The number of rotatable bonds is 7. The number of nitrogens with one attached hydrogen (secondary N) is 1. The molecule has 1 unspecified atom stereocenters. The Balaban J connectivity index is 1.82. The zero-order valence-electron chi connectivity index (χ0n) is 11.2. The normalized spacial score (nSPS) is 12.4. The number of hydrogen-bond donors (Lipinski definition) is 2. The summed E-state index contributed by atoms with van der Waals surface area (Å²) >= 11 is 1.52. The highest BCUT2D eigenvalue weighted by atomic mass is 32.1. The van der Waals surface area contributed by atoms with Crippen LogP contribution < -0.4 is 5.32 Å². The first-order chi connectivity index (χ1) is 9.58. The molecule has 0 aliphatic rings. The van der Waals surface area contributed by atoms with Crippen molar-refractivity contribution in [3.05, 3.63) is 23.5 Å². The van der Waals surface area contributed by atoms with Gasteiger partial charge in [-0.15, -0.1) is 11.3 Å².